The molecule has 1 fully saturated rings. The molecule has 20 heavy (non-hydrogen) atoms. The molecular weight excluding hydrogens is 244 g/mol. The molecule has 0 spiro atoms. The van der Waals surface area contributed by atoms with Gasteiger partial charge in [-0.1, -0.05) is 43.7 Å². The summed E-state index contributed by atoms with van der Waals surface area (Å²) in [6, 6.07) is 10.4. The highest BCUT2D eigenvalue weighted by Gasteiger charge is 2.23. The molecule has 2 nitrogen and oxygen atoms in total. The molecule has 2 atom stereocenters. The average Bonchev–Trinajstić information content (AvgIpc) is 2.95. The van der Waals surface area contributed by atoms with E-state index >= 15 is 0 Å². The van der Waals surface area contributed by atoms with Crippen LogP contribution < -0.4 is 5.32 Å². The second-order valence-corrected chi connectivity index (χ2v) is 6.12. The van der Waals surface area contributed by atoms with E-state index in [1.165, 1.54) is 56.4 Å². The summed E-state index contributed by atoms with van der Waals surface area (Å²) in [5.74, 6) is 0. The normalized spacial score (nSPS) is 20.5. The van der Waals surface area contributed by atoms with Crippen LogP contribution in [0.25, 0.3) is 0 Å². The van der Waals surface area contributed by atoms with E-state index < -0.39 is 0 Å². The monoisotopic (exact) mass is 274 g/mol. The molecule has 112 valence electrons. The van der Waals surface area contributed by atoms with Crippen LogP contribution in [0, 0.1) is 6.92 Å². The van der Waals surface area contributed by atoms with Gasteiger partial charge in [-0.3, -0.25) is 4.90 Å². The van der Waals surface area contributed by atoms with Crippen molar-refractivity contribution < 1.29 is 0 Å². The first-order chi connectivity index (χ1) is 9.74. The van der Waals surface area contributed by atoms with Crippen molar-refractivity contribution in [3.05, 3.63) is 35.4 Å². The molecule has 1 heterocycles. The fourth-order valence-electron chi connectivity index (χ4n) is 3.35. The number of benzene rings is 1. The predicted molar refractivity (Wildman–Crippen MR) is 87.1 cm³/mol. The van der Waals surface area contributed by atoms with Crippen LogP contribution in [0.2, 0.25) is 0 Å². The second-order valence-electron chi connectivity index (χ2n) is 6.12. The molecule has 0 amide bonds. The molecule has 0 bridgehead atoms. The van der Waals surface area contributed by atoms with E-state index in [9.17, 15) is 0 Å². The lowest BCUT2D eigenvalue weighted by Crippen LogP contribution is -2.40. The van der Waals surface area contributed by atoms with E-state index in [1.807, 2.05) is 0 Å². The molecule has 2 unspecified atom stereocenters. The van der Waals surface area contributed by atoms with Gasteiger partial charge in [-0.05, 0) is 51.3 Å². The van der Waals surface area contributed by atoms with Gasteiger partial charge < -0.3 is 5.32 Å². The Bertz CT molecular complexity index is 379. The molecule has 1 aromatic carbocycles. The minimum Gasteiger partial charge on any atom is -0.313 e. The summed E-state index contributed by atoms with van der Waals surface area (Å²) >= 11 is 0. The number of hydrogen-bond acceptors (Lipinski definition) is 2. The van der Waals surface area contributed by atoms with Gasteiger partial charge in [-0.2, -0.15) is 0 Å². The molecular formula is C18H30N2. The minimum absolute atomic E-state index is 0.568. The largest absolute Gasteiger partial charge is 0.313 e. The van der Waals surface area contributed by atoms with Crippen molar-refractivity contribution in [1.82, 2.24) is 10.2 Å². The van der Waals surface area contributed by atoms with Gasteiger partial charge in [0.1, 0.15) is 0 Å². The van der Waals surface area contributed by atoms with Gasteiger partial charge in [0, 0.05) is 18.6 Å². The average molecular weight is 274 g/mol. The highest BCUT2D eigenvalue weighted by Crippen LogP contribution is 2.26. The van der Waals surface area contributed by atoms with E-state index in [-0.39, 0.29) is 0 Å². The summed E-state index contributed by atoms with van der Waals surface area (Å²) in [5.41, 5.74) is 2.83. The zero-order valence-corrected chi connectivity index (χ0v) is 13.4. The Morgan fingerprint density at radius 2 is 2.00 bits per heavy atom. The first kappa shape index (κ1) is 15.5. The maximum Gasteiger partial charge on any atom is 0.0346 e. The van der Waals surface area contributed by atoms with Crippen LogP contribution in [0.3, 0.4) is 0 Å². The fourth-order valence-corrected chi connectivity index (χ4v) is 3.35. The Kier molecular flexibility index (Phi) is 6.06. The summed E-state index contributed by atoms with van der Waals surface area (Å²) in [7, 11) is 0. The van der Waals surface area contributed by atoms with Gasteiger partial charge in [0.05, 0.1) is 0 Å². The van der Waals surface area contributed by atoms with Crippen molar-refractivity contribution in [3.63, 3.8) is 0 Å². The maximum absolute atomic E-state index is 3.64. The summed E-state index contributed by atoms with van der Waals surface area (Å²) in [4.78, 5) is 2.69. The standard InChI is InChI=1S/C18H30N2/c1-4-13-20(14-17-7-6-12-19-17)18(5-2)16-10-8-15(3)9-11-16/h8-11,17-19H,4-7,12-14H2,1-3H3. The van der Waals surface area contributed by atoms with Crippen LogP contribution in [0.15, 0.2) is 24.3 Å². The van der Waals surface area contributed by atoms with Gasteiger partial charge in [0.15, 0.2) is 0 Å². The smallest absolute Gasteiger partial charge is 0.0346 e. The van der Waals surface area contributed by atoms with E-state index in [4.69, 9.17) is 0 Å². The number of nitrogens with zero attached hydrogens (tertiary/aromatic N) is 1. The molecule has 1 aromatic rings. The molecule has 1 aliphatic rings. The summed E-state index contributed by atoms with van der Waals surface area (Å²) in [6.07, 6.45) is 5.10. The maximum atomic E-state index is 3.64. The van der Waals surface area contributed by atoms with E-state index in [2.05, 4.69) is 55.3 Å². The van der Waals surface area contributed by atoms with E-state index in [0.29, 0.717) is 12.1 Å². The van der Waals surface area contributed by atoms with Crippen molar-refractivity contribution in [1.29, 1.82) is 0 Å². The molecule has 2 rings (SSSR count). The molecule has 1 N–H and O–H groups in total. The predicted octanol–water partition coefficient (Wildman–Crippen LogP) is 3.91. The molecule has 1 aliphatic heterocycles. The number of hydrogen-bond donors (Lipinski definition) is 1. The summed E-state index contributed by atoms with van der Waals surface area (Å²) in [5, 5.41) is 3.64. The molecule has 0 saturated carbocycles. The lowest BCUT2D eigenvalue weighted by atomic mass is 10.00. The third kappa shape index (κ3) is 4.07. The lowest BCUT2D eigenvalue weighted by molar-refractivity contribution is 0.176. The van der Waals surface area contributed by atoms with E-state index in [0.717, 1.165) is 0 Å². The topological polar surface area (TPSA) is 15.3 Å². The van der Waals surface area contributed by atoms with Crippen molar-refractivity contribution in [2.24, 2.45) is 0 Å². The van der Waals surface area contributed by atoms with Crippen LogP contribution in [0.1, 0.15) is 56.7 Å². The molecule has 1 saturated heterocycles. The van der Waals surface area contributed by atoms with Crippen LogP contribution in [-0.2, 0) is 0 Å². The SMILES string of the molecule is CCCN(CC1CCCN1)C(CC)c1ccc(C)cc1. The molecule has 2 heteroatoms. The summed E-state index contributed by atoms with van der Waals surface area (Å²) in [6.45, 7) is 10.4. The Labute approximate surface area is 124 Å². The lowest BCUT2D eigenvalue weighted by Gasteiger charge is -2.33. The van der Waals surface area contributed by atoms with Gasteiger partial charge in [-0.15, -0.1) is 0 Å². The van der Waals surface area contributed by atoms with Gasteiger partial charge in [0.25, 0.3) is 0 Å². The Morgan fingerprint density at radius 3 is 2.55 bits per heavy atom. The molecule has 0 aromatic heterocycles. The van der Waals surface area contributed by atoms with Crippen LogP contribution in [0.5, 0.6) is 0 Å². The molecule has 0 radical (unpaired) electrons. The van der Waals surface area contributed by atoms with Gasteiger partial charge >= 0.3 is 0 Å². The van der Waals surface area contributed by atoms with Gasteiger partial charge in [-0.25, -0.2) is 0 Å². The summed E-state index contributed by atoms with van der Waals surface area (Å²) < 4.78 is 0. The first-order valence-electron chi connectivity index (χ1n) is 8.28. The van der Waals surface area contributed by atoms with Crippen LogP contribution >= 0.6 is 0 Å². The van der Waals surface area contributed by atoms with Crippen LogP contribution in [-0.4, -0.2) is 30.6 Å². The zero-order valence-electron chi connectivity index (χ0n) is 13.4. The highest BCUT2D eigenvalue weighted by atomic mass is 15.2. The van der Waals surface area contributed by atoms with Crippen molar-refractivity contribution in [2.45, 2.75) is 58.5 Å². The number of aryl methyl sites for hydroxylation is 1. The third-order valence-corrected chi connectivity index (χ3v) is 4.42. The molecule has 0 aliphatic carbocycles. The Hall–Kier alpha value is -0.860. The number of rotatable bonds is 7. The Balaban J connectivity index is 2.08. The quantitative estimate of drug-likeness (QED) is 0.811. The highest BCUT2D eigenvalue weighted by molar-refractivity contribution is 5.24. The first-order valence-corrected chi connectivity index (χ1v) is 8.28. The fraction of sp³-hybridized carbons (Fsp3) is 0.667. The van der Waals surface area contributed by atoms with Crippen molar-refractivity contribution in [3.8, 4) is 0 Å². The third-order valence-electron chi connectivity index (χ3n) is 4.42. The van der Waals surface area contributed by atoms with Crippen molar-refractivity contribution >= 4 is 0 Å². The minimum atomic E-state index is 0.568. The number of nitrogens with one attached hydrogen (secondary N) is 1. The second kappa shape index (κ2) is 7.80. The van der Waals surface area contributed by atoms with Crippen molar-refractivity contribution in [2.75, 3.05) is 19.6 Å². The van der Waals surface area contributed by atoms with Crippen LogP contribution in [0.4, 0.5) is 0 Å². The van der Waals surface area contributed by atoms with Gasteiger partial charge in [0.2, 0.25) is 0 Å². The Morgan fingerprint density at radius 1 is 1.25 bits per heavy atom. The van der Waals surface area contributed by atoms with E-state index in [1.54, 1.807) is 0 Å². The zero-order chi connectivity index (χ0) is 14.4.